The Bertz CT molecular complexity index is 494. The monoisotopic (exact) mass is 284 g/mol. The zero-order chi connectivity index (χ0) is 13.8. The third-order valence-corrected chi connectivity index (χ3v) is 4.39. The normalized spacial score (nSPS) is 13.0. The van der Waals surface area contributed by atoms with Gasteiger partial charge in [-0.05, 0) is 44.9 Å². The molecule has 0 radical (unpaired) electrons. The van der Waals surface area contributed by atoms with Gasteiger partial charge in [0, 0.05) is 16.5 Å². The summed E-state index contributed by atoms with van der Waals surface area (Å²) in [5, 5.41) is 9.43. The third kappa shape index (κ3) is 4.32. The van der Waals surface area contributed by atoms with Gasteiger partial charge in [0.2, 0.25) is 0 Å². The molecule has 1 unspecified atom stereocenters. The number of hydrogen-bond acceptors (Lipinski definition) is 3. The minimum Gasteiger partial charge on any atom is -0.398 e. The second kappa shape index (κ2) is 6.21. The van der Waals surface area contributed by atoms with Crippen molar-refractivity contribution in [1.29, 1.82) is 5.26 Å². The Morgan fingerprint density at radius 1 is 1.50 bits per heavy atom. The van der Waals surface area contributed by atoms with E-state index in [2.05, 4.69) is 6.07 Å². The molecule has 0 spiro atoms. The maximum absolute atomic E-state index is 12.1. The molecule has 0 saturated heterocycles. The minimum atomic E-state index is -1.16. The molecule has 1 aromatic rings. The van der Waals surface area contributed by atoms with Gasteiger partial charge < -0.3 is 5.73 Å². The van der Waals surface area contributed by atoms with Crippen LogP contribution in [0.1, 0.15) is 26.7 Å². The highest BCUT2D eigenvalue weighted by Crippen LogP contribution is 2.24. The minimum absolute atomic E-state index is 0.371. The number of benzene rings is 1. The smallest absolute Gasteiger partial charge is 0.0683 e. The highest BCUT2D eigenvalue weighted by molar-refractivity contribution is 7.85. The summed E-state index contributed by atoms with van der Waals surface area (Å²) in [6.45, 7) is 3.76. The van der Waals surface area contributed by atoms with E-state index in [9.17, 15) is 4.21 Å². The maximum atomic E-state index is 12.1. The summed E-state index contributed by atoms with van der Waals surface area (Å²) in [7, 11) is -1.16. The van der Waals surface area contributed by atoms with Crippen molar-refractivity contribution >= 4 is 28.1 Å². The standard InChI is InChI=1S/C13H17ClN2OS/c1-13(2,9-15)6-3-7-18(17)12-8-10(14)4-5-11(12)16/h4-5,8H,3,6-7,16H2,1-2H3. The van der Waals surface area contributed by atoms with Crippen LogP contribution in [0.2, 0.25) is 5.02 Å². The first-order valence-electron chi connectivity index (χ1n) is 5.70. The summed E-state index contributed by atoms with van der Waals surface area (Å²) in [5.74, 6) is 0.496. The van der Waals surface area contributed by atoms with E-state index in [4.69, 9.17) is 22.6 Å². The fourth-order valence-corrected chi connectivity index (χ4v) is 2.97. The van der Waals surface area contributed by atoms with Gasteiger partial charge >= 0.3 is 0 Å². The SMILES string of the molecule is CC(C)(C#N)CCCS(=O)c1cc(Cl)ccc1N. The third-order valence-electron chi connectivity index (χ3n) is 2.66. The van der Waals surface area contributed by atoms with Gasteiger partial charge in [-0.25, -0.2) is 0 Å². The Hall–Kier alpha value is -1.05. The number of nitrogen functional groups attached to an aromatic ring is 1. The highest BCUT2D eigenvalue weighted by Gasteiger charge is 2.17. The molecule has 0 fully saturated rings. The summed E-state index contributed by atoms with van der Waals surface area (Å²) >= 11 is 5.86. The molecule has 1 atom stereocenters. The van der Waals surface area contributed by atoms with Crippen LogP contribution >= 0.6 is 11.6 Å². The van der Waals surface area contributed by atoms with Crippen molar-refractivity contribution in [1.82, 2.24) is 0 Å². The van der Waals surface area contributed by atoms with Gasteiger partial charge in [-0.15, -0.1) is 0 Å². The fraction of sp³-hybridized carbons (Fsp3) is 0.462. The van der Waals surface area contributed by atoms with Crippen LogP contribution in [0.15, 0.2) is 23.1 Å². The summed E-state index contributed by atoms with van der Waals surface area (Å²) < 4.78 is 12.1. The topological polar surface area (TPSA) is 66.9 Å². The lowest BCUT2D eigenvalue weighted by Gasteiger charge is -2.14. The lowest BCUT2D eigenvalue weighted by atomic mass is 9.90. The number of hydrogen-bond donors (Lipinski definition) is 1. The molecule has 0 heterocycles. The van der Waals surface area contributed by atoms with Gasteiger partial charge in [0.1, 0.15) is 0 Å². The van der Waals surface area contributed by atoms with Crippen LogP contribution in [0, 0.1) is 16.7 Å². The second-order valence-corrected chi connectivity index (χ2v) is 6.81. The molecule has 5 heteroatoms. The molecule has 2 N–H and O–H groups in total. The zero-order valence-corrected chi connectivity index (χ0v) is 12.1. The number of halogens is 1. The first-order chi connectivity index (χ1) is 8.35. The Labute approximate surface area is 115 Å². The second-order valence-electron chi connectivity index (χ2n) is 4.83. The Morgan fingerprint density at radius 3 is 2.78 bits per heavy atom. The van der Waals surface area contributed by atoms with Crippen molar-refractivity contribution in [2.75, 3.05) is 11.5 Å². The van der Waals surface area contributed by atoms with Crippen molar-refractivity contribution in [2.45, 2.75) is 31.6 Å². The average Bonchev–Trinajstić information content (AvgIpc) is 2.32. The Balaban J connectivity index is 2.62. The molecule has 1 aromatic carbocycles. The van der Waals surface area contributed by atoms with Crippen molar-refractivity contribution in [2.24, 2.45) is 5.41 Å². The van der Waals surface area contributed by atoms with E-state index in [0.717, 1.165) is 12.8 Å². The number of nitrogens with zero attached hydrogens (tertiary/aromatic N) is 1. The number of nitriles is 1. The number of anilines is 1. The van der Waals surface area contributed by atoms with Gasteiger partial charge in [0.05, 0.1) is 27.2 Å². The molecule has 0 aliphatic rings. The lowest BCUT2D eigenvalue weighted by molar-refractivity contribution is 0.447. The molecule has 98 valence electrons. The fourth-order valence-electron chi connectivity index (χ4n) is 1.52. The summed E-state index contributed by atoms with van der Waals surface area (Å²) in [6.07, 6.45) is 1.44. The molecule has 0 aliphatic heterocycles. The van der Waals surface area contributed by atoms with Gasteiger partial charge in [-0.2, -0.15) is 5.26 Å². The van der Waals surface area contributed by atoms with Crippen LogP contribution in [-0.4, -0.2) is 9.96 Å². The summed E-state index contributed by atoms with van der Waals surface area (Å²) in [5.41, 5.74) is 5.90. The predicted molar refractivity (Wildman–Crippen MR) is 75.8 cm³/mol. The van der Waals surface area contributed by atoms with Crippen molar-refractivity contribution in [3.63, 3.8) is 0 Å². The van der Waals surface area contributed by atoms with Crippen LogP contribution in [-0.2, 0) is 10.8 Å². The van der Waals surface area contributed by atoms with Crippen molar-refractivity contribution in [3.8, 4) is 6.07 Å². The van der Waals surface area contributed by atoms with Gasteiger partial charge in [-0.3, -0.25) is 4.21 Å². The van der Waals surface area contributed by atoms with Crippen LogP contribution in [0.3, 0.4) is 0 Å². The molecule has 0 saturated carbocycles. The van der Waals surface area contributed by atoms with E-state index in [1.54, 1.807) is 18.2 Å². The van der Waals surface area contributed by atoms with E-state index >= 15 is 0 Å². The van der Waals surface area contributed by atoms with Gasteiger partial charge in [-0.1, -0.05) is 11.6 Å². The van der Waals surface area contributed by atoms with Crippen molar-refractivity contribution < 1.29 is 4.21 Å². The molecule has 0 aliphatic carbocycles. The van der Waals surface area contributed by atoms with E-state index in [-0.39, 0.29) is 5.41 Å². The van der Waals surface area contributed by atoms with Gasteiger partial charge in [0.25, 0.3) is 0 Å². The molecular formula is C13H17ClN2OS. The largest absolute Gasteiger partial charge is 0.398 e. The van der Waals surface area contributed by atoms with Crippen molar-refractivity contribution in [3.05, 3.63) is 23.2 Å². The maximum Gasteiger partial charge on any atom is 0.0683 e. The van der Waals surface area contributed by atoms with Crippen LogP contribution in [0.5, 0.6) is 0 Å². The molecule has 0 amide bonds. The lowest BCUT2D eigenvalue weighted by Crippen LogP contribution is -2.10. The van der Waals surface area contributed by atoms with E-state index < -0.39 is 10.8 Å². The average molecular weight is 285 g/mol. The van der Waals surface area contributed by atoms with E-state index in [0.29, 0.717) is 21.4 Å². The summed E-state index contributed by atoms with van der Waals surface area (Å²) in [6, 6.07) is 7.21. The molecule has 0 bridgehead atoms. The van der Waals surface area contributed by atoms with Gasteiger partial charge in [0.15, 0.2) is 0 Å². The number of rotatable bonds is 5. The molecule has 3 nitrogen and oxygen atoms in total. The van der Waals surface area contributed by atoms with E-state index in [1.807, 2.05) is 13.8 Å². The number of nitrogens with two attached hydrogens (primary N) is 1. The van der Waals surface area contributed by atoms with Crippen LogP contribution in [0.25, 0.3) is 0 Å². The first-order valence-corrected chi connectivity index (χ1v) is 7.40. The Kier molecular flexibility index (Phi) is 5.18. The highest BCUT2D eigenvalue weighted by atomic mass is 35.5. The molecule has 0 aromatic heterocycles. The first kappa shape index (κ1) is 15.0. The van der Waals surface area contributed by atoms with Crippen LogP contribution in [0.4, 0.5) is 5.69 Å². The van der Waals surface area contributed by atoms with E-state index in [1.165, 1.54) is 0 Å². The van der Waals surface area contributed by atoms with Crippen LogP contribution < -0.4 is 5.73 Å². The quantitative estimate of drug-likeness (QED) is 0.843. The molecule has 1 rings (SSSR count). The predicted octanol–water partition coefficient (Wildman–Crippen LogP) is 3.36. The summed E-state index contributed by atoms with van der Waals surface area (Å²) in [4.78, 5) is 0.581. The zero-order valence-electron chi connectivity index (χ0n) is 10.6. The Morgan fingerprint density at radius 2 is 2.17 bits per heavy atom. The molecular weight excluding hydrogens is 268 g/mol. The molecule has 18 heavy (non-hydrogen) atoms.